The number of carbonyl (C=O) groups excluding carboxylic acids is 2. The second-order valence-electron chi connectivity index (χ2n) is 7.21. The van der Waals surface area contributed by atoms with Crippen LogP contribution in [0.15, 0.2) is 53.4 Å². The van der Waals surface area contributed by atoms with Crippen LogP contribution in [0.25, 0.3) is 0 Å². The number of benzene rings is 2. The number of nitrogens with one attached hydrogen (secondary N) is 3. The number of rotatable bonds is 6. The zero-order valence-corrected chi connectivity index (χ0v) is 17.1. The van der Waals surface area contributed by atoms with Crippen LogP contribution in [-0.4, -0.2) is 31.2 Å². The van der Waals surface area contributed by atoms with Crippen molar-refractivity contribution >= 4 is 29.3 Å². The van der Waals surface area contributed by atoms with Gasteiger partial charge in [-0.2, -0.15) is 0 Å². The van der Waals surface area contributed by atoms with Gasteiger partial charge in [0.1, 0.15) is 0 Å². The molecule has 2 amide bonds. The summed E-state index contributed by atoms with van der Waals surface area (Å²) in [4.78, 5) is 26.3. The Morgan fingerprint density at radius 2 is 1.64 bits per heavy atom. The monoisotopic (exact) mass is 397 g/mol. The van der Waals surface area contributed by atoms with Crippen molar-refractivity contribution in [3.63, 3.8) is 0 Å². The van der Waals surface area contributed by atoms with Gasteiger partial charge in [-0.25, -0.2) is 0 Å². The fourth-order valence-electron chi connectivity index (χ4n) is 3.30. The van der Waals surface area contributed by atoms with Crippen molar-refractivity contribution < 1.29 is 9.59 Å². The standard InChI is InChI=1S/C22H27N3O2S/c1-15-3-7-19(8-4-15)25-22(27)18-11-17(13-23-14-18)21(26)24-12-16-5-9-20(28-2)10-6-16/h3-10,17-18,23H,11-14H2,1-2H3,(H,24,26)(H,25,27)/t17-,18+/m1/s1. The van der Waals surface area contributed by atoms with Gasteiger partial charge in [0.15, 0.2) is 0 Å². The summed E-state index contributed by atoms with van der Waals surface area (Å²) in [5.74, 6) is -0.463. The van der Waals surface area contributed by atoms with Crippen molar-refractivity contribution in [3.8, 4) is 0 Å². The molecule has 6 heteroatoms. The Balaban J connectivity index is 1.50. The number of hydrogen-bond donors (Lipinski definition) is 3. The first-order valence-corrected chi connectivity index (χ1v) is 10.8. The first-order chi connectivity index (χ1) is 13.5. The Morgan fingerprint density at radius 3 is 2.29 bits per heavy atom. The number of aryl methyl sites for hydroxylation is 1. The van der Waals surface area contributed by atoms with E-state index in [0.717, 1.165) is 16.8 Å². The predicted octanol–water partition coefficient (Wildman–Crippen LogP) is 3.20. The van der Waals surface area contributed by atoms with Crippen molar-refractivity contribution in [1.29, 1.82) is 0 Å². The topological polar surface area (TPSA) is 70.2 Å². The van der Waals surface area contributed by atoms with Crippen molar-refractivity contribution in [1.82, 2.24) is 10.6 Å². The smallest absolute Gasteiger partial charge is 0.228 e. The van der Waals surface area contributed by atoms with Crippen LogP contribution in [0.2, 0.25) is 0 Å². The Labute approximate surface area is 170 Å². The Bertz CT molecular complexity index is 806. The molecule has 0 radical (unpaired) electrons. The molecule has 0 bridgehead atoms. The second kappa shape index (κ2) is 9.75. The van der Waals surface area contributed by atoms with Gasteiger partial charge in [-0.1, -0.05) is 29.8 Å². The van der Waals surface area contributed by atoms with Gasteiger partial charge in [0.25, 0.3) is 0 Å². The lowest BCUT2D eigenvalue weighted by Crippen LogP contribution is -2.47. The summed E-state index contributed by atoms with van der Waals surface area (Å²) in [5, 5.41) is 9.19. The fraction of sp³-hybridized carbons (Fsp3) is 0.364. The molecule has 2 aromatic rings. The molecular formula is C22H27N3O2S. The minimum atomic E-state index is -0.216. The number of piperidine rings is 1. The number of anilines is 1. The summed E-state index contributed by atoms with van der Waals surface area (Å²) in [5.41, 5.74) is 3.01. The maximum absolute atomic E-state index is 12.6. The van der Waals surface area contributed by atoms with Crippen LogP contribution < -0.4 is 16.0 Å². The van der Waals surface area contributed by atoms with Crippen LogP contribution in [0.5, 0.6) is 0 Å². The molecule has 1 aliphatic heterocycles. The van der Waals surface area contributed by atoms with Crippen molar-refractivity contribution in [2.75, 3.05) is 24.7 Å². The zero-order chi connectivity index (χ0) is 19.9. The molecule has 1 aliphatic rings. The Morgan fingerprint density at radius 1 is 1.00 bits per heavy atom. The maximum atomic E-state index is 12.6. The lowest BCUT2D eigenvalue weighted by Gasteiger charge is -2.28. The summed E-state index contributed by atoms with van der Waals surface area (Å²) < 4.78 is 0. The third-order valence-electron chi connectivity index (χ3n) is 5.04. The number of hydrogen-bond acceptors (Lipinski definition) is 4. The van der Waals surface area contributed by atoms with Gasteiger partial charge in [0.05, 0.1) is 11.8 Å². The number of amides is 2. The van der Waals surface area contributed by atoms with E-state index in [1.807, 2.05) is 49.6 Å². The molecule has 2 aromatic carbocycles. The molecule has 1 heterocycles. The summed E-state index contributed by atoms with van der Waals surface area (Å²) in [7, 11) is 0. The molecule has 0 aromatic heterocycles. The van der Waals surface area contributed by atoms with Gasteiger partial charge in [0.2, 0.25) is 11.8 Å². The molecule has 0 unspecified atom stereocenters. The summed E-state index contributed by atoms with van der Waals surface area (Å²) in [6.07, 6.45) is 2.60. The van der Waals surface area contributed by atoms with E-state index in [-0.39, 0.29) is 23.7 Å². The molecule has 0 spiro atoms. The average molecular weight is 398 g/mol. The van der Waals surface area contributed by atoms with E-state index in [0.29, 0.717) is 26.1 Å². The molecule has 1 saturated heterocycles. The quantitative estimate of drug-likeness (QED) is 0.655. The third kappa shape index (κ3) is 5.59. The molecule has 148 valence electrons. The molecule has 0 aliphatic carbocycles. The Hall–Kier alpha value is -2.31. The van der Waals surface area contributed by atoms with Gasteiger partial charge < -0.3 is 16.0 Å². The van der Waals surface area contributed by atoms with E-state index < -0.39 is 0 Å². The van der Waals surface area contributed by atoms with Crippen molar-refractivity contribution in [2.24, 2.45) is 11.8 Å². The fourth-order valence-corrected chi connectivity index (χ4v) is 3.71. The van der Waals surface area contributed by atoms with Crippen LogP contribution in [0.4, 0.5) is 5.69 Å². The minimum absolute atomic E-state index is 0.00530. The molecule has 3 N–H and O–H groups in total. The lowest BCUT2D eigenvalue weighted by molar-refractivity contribution is -0.127. The molecule has 2 atom stereocenters. The van der Waals surface area contributed by atoms with Crippen LogP contribution in [-0.2, 0) is 16.1 Å². The molecule has 28 heavy (non-hydrogen) atoms. The highest BCUT2D eigenvalue weighted by molar-refractivity contribution is 7.98. The number of carbonyl (C=O) groups is 2. The summed E-state index contributed by atoms with van der Waals surface area (Å²) in [6, 6.07) is 15.9. The summed E-state index contributed by atoms with van der Waals surface area (Å²) >= 11 is 1.70. The van der Waals surface area contributed by atoms with Crippen molar-refractivity contribution in [2.45, 2.75) is 24.8 Å². The van der Waals surface area contributed by atoms with E-state index in [1.165, 1.54) is 4.90 Å². The molecular weight excluding hydrogens is 370 g/mol. The molecule has 1 fully saturated rings. The molecule has 5 nitrogen and oxygen atoms in total. The predicted molar refractivity (Wildman–Crippen MR) is 114 cm³/mol. The highest BCUT2D eigenvalue weighted by Gasteiger charge is 2.31. The lowest BCUT2D eigenvalue weighted by atomic mass is 9.89. The van der Waals surface area contributed by atoms with E-state index in [4.69, 9.17) is 0 Å². The summed E-state index contributed by atoms with van der Waals surface area (Å²) in [6.45, 7) is 3.71. The minimum Gasteiger partial charge on any atom is -0.352 e. The van der Waals surface area contributed by atoms with E-state index in [1.54, 1.807) is 11.8 Å². The normalized spacial score (nSPS) is 19.1. The van der Waals surface area contributed by atoms with Crippen LogP contribution in [0.3, 0.4) is 0 Å². The zero-order valence-electron chi connectivity index (χ0n) is 16.3. The van der Waals surface area contributed by atoms with Gasteiger partial charge in [-0.05, 0) is 49.4 Å². The average Bonchev–Trinajstić information content (AvgIpc) is 2.74. The first kappa shape index (κ1) is 20.4. The van der Waals surface area contributed by atoms with Crippen LogP contribution >= 0.6 is 11.8 Å². The Kier molecular flexibility index (Phi) is 7.12. The third-order valence-corrected chi connectivity index (χ3v) is 5.78. The van der Waals surface area contributed by atoms with Crippen molar-refractivity contribution in [3.05, 3.63) is 59.7 Å². The first-order valence-electron chi connectivity index (χ1n) is 9.54. The highest BCUT2D eigenvalue weighted by Crippen LogP contribution is 2.20. The van der Waals surface area contributed by atoms with E-state index in [9.17, 15) is 9.59 Å². The maximum Gasteiger partial charge on any atom is 0.228 e. The molecule has 3 rings (SSSR count). The van der Waals surface area contributed by atoms with Gasteiger partial charge in [-0.15, -0.1) is 11.8 Å². The SMILES string of the molecule is CSc1ccc(CNC(=O)[C@H]2CNC[C@@H](C(=O)Nc3ccc(C)cc3)C2)cc1. The largest absolute Gasteiger partial charge is 0.352 e. The second-order valence-corrected chi connectivity index (χ2v) is 8.09. The van der Waals surface area contributed by atoms with Gasteiger partial charge in [-0.3, -0.25) is 9.59 Å². The van der Waals surface area contributed by atoms with Crippen LogP contribution in [0, 0.1) is 18.8 Å². The molecule has 0 saturated carbocycles. The van der Waals surface area contributed by atoms with Gasteiger partial charge >= 0.3 is 0 Å². The van der Waals surface area contributed by atoms with Crippen LogP contribution in [0.1, 0.15) is 17.5 Å². The van der Waals surface area contributed by atoms with E-state index >= 15 is 0 Å². The van der Waals surface area contributed by atoms with Gasteiger partial charge in [0, 0.05) is 30.2 Å². The highest BCUT2D eigenvalue weighted by atomic mass is 32.2. The number of thioether (sulfide) groups is 1. The van der Waals surface area contributed by atoms with E-state index in [2.05, 4.69) is 28.1 Å².